The molecular weight excluding hydrogens is 256 g/mol. The molecule has 3 amide bonds. The predicted molar refractivity (Wildman–Crippen MR) is 79.5 cm³/mol. The summed E-state index contributed by atoms with van der Waals surface area (Å²) in [6, 6.07) is 7.40. The smallest absolute Gasteiger partial charge is 0.323 e. The molecule has 1 N–H and O–H groups in total. The lowest BCUT2D eigenvalue weighted by Crippen LogP contribution is -2.40. The van der Waals surface area contributed by atoms with Gasteiger partial charge in [-0.15, -0.1) is 0 Å². The summed E-state index contributed by atoms with van der Waals surface area (Å²) in [5.41, 5.74) is -0.191. The van der Waals surface area contributed by atoms with Crippen LogP contribution in [0, 0.1) is 0 Å². The maximum Gasteiger partial charge on any atom is 0.329 e. The second-order valence-corrected chi connectivity index (χ2v) is 11.6. The standard InChI is InChI=1S/C14H20N2O2Si/c1-14(2)12(17)16(13(18)15-14)10-6-8-11(9-7-10)19(3,4)5/h6-9H,1-5H3,(H,15,18). The molecule has 1 aliphatic rings. The molecule has 102 valence electrons. The van der Waals surface area contributed by atoms with E-state index >= 15 is 0 Å². The van der Waals surface area contributed by atoms with Gasteiger partial charge in [0.1, 0.15) is 5.54 Å². The van der Waals surface area contributed by atoms with Gasteiger partial charge in [-0.2, -0.15) is 0 Å². The number of imide groups is 1. The van der Waals surface area contributed by atoms with Gasteiger partial charge in [0, 0.05) is 0 Å². The van der Waals surface area contributed by atoms with E-state index in [1.54, 1.807) is 13.8 Å². The van der Waals surface area contributed by atoms with Crippen LogP contribution in [0.3, 0.4) is 0 Å². The molecule has 1 aromatic carbocycles. The largest absolute Gasteiger partial charge is 0.329 e. The Morgan fingerprint density at radius 2 is 1.58 bits per heavy atom. The highest BCUT2D eigenvalue weighted by molar-refractivity contribution is 6.88. The molecule has 5 heteroatoms. The van der Waals surface area contributed by atoms with Crippen LogP contribution in [0.1, 0.15) is 13.8 Å². The Kier molecular flexibility index (Phi) is 3.05. The van der Waals surface area contributed by atoms with E-state index in [4.69, 9.17) is 0 Å². The second kappa shape index (κ2) is 4.20. The van der Waals surface area contributed by atoms with E-state index in [1.807, 2.05) is 24.3 Å². The minimum Gasteiger partial charge on any atom is -0.323 e. The first-order chi connectivity index (χ1) is 8.63. The van der Waals surface area contributed by atoms with Crippen LogP contribution in [0.2, 0.25) is 19.6 Å². The second-order valence-electron chi connectivity index (χ2n) is 6.49. The van der Waals surface area contributed by atoms with Crippen LogP contribution in [-0.4, -0.2) is 25.6 Å². The number of rotatable bonds is 2. The van der Waals surface area contributed by atoms with E-state index in [9.17, 15) is 9.59 Å². The normalized spacial score (nSPS) is 18.7. The minimum atomic E-state index is -1.36. The summed E-state index contributed by atoms with van der Waals surface area (Å²) in [6.45, 7) is 10.2. The lowest BCUT2D eigenvalue weighted by molar-refractivity contribution is -0.120. The maximum atomic E-state index is 12.2. The van der Waals surface area contributed by atoms with Gasteiger partial charge < -0.3 is 5.32 Å². The summed E-state index contributed by atoms with van der Waals surface area (Å²) in [6.07, 6.45) is 0. The van der Waals surface area contributed by atoms with Crippen LogP contribution < -0.4 is 15.4 Å². The van der Waals surface area contributed by atoms with Crippen molar-refractivity contribution in [3.63, 3.8) is 0 Å². The molecule has 2 rings (SSSR count). The molecule has 0 aromatic heterocycles. The molecule has 0 unspecified atom stereocenters. The molecule has 1 heterocycles. The summed E-state index contributed by atoms with van der Waals surface area (Å²) < 4.78 is 0. The fraction of sp³-hybridized carbons (Fsp3) is 0.429. The third-order valence-electron chi connectivity index (χ3n) is 3.35. The lowest BCUT2D eigenvalue weighted by atomic mass is 10.1. The molecule has 1 aliphatic heterocycles. The molecule has 0 radical (unpaired) electrons. The van der Waals surface area contributed by atoms with Crippen LogP contribution in [0.25, 0.3) is 0 Å². The fourth-order valence-corrected chi connectivity index (χ4v) is 3.26. The van der Waals surface area contributed by atoms with Gasteiger partial charge in [-0.1, -0.05) is 37.0 Å². The summed E-state index contributed by atoms with van der Waals surface area (Å²) >= 11 is 0. The van der Waals surface area contributed by atoms with E-state index < -0.39 is 13.6 Å². The minimum absolute atomic E-state index is 0.210. The van der Waals surface area contributed by atoms with Crippen LogP contribution >= 0.6 is 0 Å². The Bertz CT molecular complexity index is 529. The molecule has 1 fully saturated rings. The van der Waals surface area contributed by atoms with Crippen molar-refractivity contribution in [3.8, 4) is 0 Å². The van der Waals surface area contributed by atoms with E-state index in [0.29, 0.717) is 5.69 Å². The van der Waals surface area contributed by atoms with Gasteiger partial charge in [-0.05, 0) is 26.0 Å². The summed E-state index contributed by atoms with van der Waals surface area (Å²) in [5.74, 6) is -0.210. The number of benzene rings is 1. The van der Waals surface area contributed by atoms with Crippen molar-refractivity contribution >= 4 is 30.9 Å². The van der Waals surface area contributed by atoms with Gasteiger partial charge in [-0.25, -0.2) is 9.69 Å². The zero-order chi connectivity index (χ0) is 14.4. The number of anilines is 1. The average Bonchev–Trinajstić information content (AvgIpc) is 2.47. The lowest BCUT2D eigenvalue weighted by Gasteiger charge is -2.19. The highest BCUT2D eigenvalue weighted by Crippen LogP contribution is 2.24. The fourth-order valence-electron chi connectivity index (χ4n) is 2.09. The molecule has 0 atom stereocenters. The monoisotopic (exact) mass is 276 g/mol. The quantitative estimate of drug-likeness (QED) is 0.664. The van der Waals surface area contributed by atoms with Gasteiger partial charge >= 0.3 is 6.03 Å². The Balaban J connectivity index is 2.34. The van der Waals surface area contributed by atoms with Crippen LogP contribution in [0.5, 0.6) is 0 Å². The SMILES string of the molecule is CC1(C)NC(=O)N(c2ccc([Si](C)(C)C)cc2)C1=O. The Morgan fingerprint density at radius 3 is 1.95 bits per heavy atom. The van der Waals surface area contributed by atoms with Gasteiger partial charge in [-0.3, -0.25) is 4.79 Å². The Morgan fingerprint density at radius 1 is 1.05 bits per heavy atom. The average molecular weight is 276 g/mol. The number of carbonyl (C=O) groups is 2. The van der Waals surface area contributed by atoms with Crippen LogP contribution in [0.4, 0.5) is 10.5 Å². The van der Waals surface area contributed by atoms with Gasteiger partial charge in [0.05, 0.1) is 13.8 Å². The van der Waals surface area contributed by atoms with Crippen molar-refractivity contribution in [2.45, 2.75) is 39.0 Å². The molecule has 0 spiro atoms. The van der Waals surface area contributed by atoms with E-state index in [1.165, 1.54) is 10.1 Å². The van der Waals surface area contributed by atoms with Crippen molar-refractivity contribution in [1.29, 1.82) is 0 Å². The zero-order valence-corrected chi connectivity index (χ0v) is 13.1. The van der Waals surface area contributed by atoms with Gasteiger partial charge in [0.2, 0.25) is 0 Å². The number of hydrogen-bond donors (Lipinski definition) is 1. The Hall–Kier alpha value is -1.62. The van der Waals surface area contributed by atoms with Crippen molar-refractivity contribution in [3.05, 3.63) is 24.3 Å². The number of nitrogens with one attached hydrogen (secondary N) is 1. The topological polar surface area (TPSA) is 49.4 Å². The van der Waals surface area contributed by atoms with E-state index in [-0.39, 0.29) is 11.9 Å². The number of nitrogens with zero attached hydrogens (tertiary/aromatic N) is 1. The van der Waals surface area contributed by atoms with Crippen molar-refractivity contribution < 1.29 is 9.59 Å². The third kappa shape index (κ3) is 2.42. The molecule has 0 aliphatic carbocycles. The first-order valence-electron chi connectivity index (χ1n) is 6.40. The van der Waals surface area contributed by atoms with Crippen LogP contribution in [0.15, 0.2) is 24.3 Å². The predicted octanol–water partition coefficient (Wildman–Crippen LogP) is 2.07. The summed E-state index contributed by atoms with van der Waals surface area (Å²) in [4.78, 5) is 25.3. The number of carbonyl (C=O) groups excluding carboxylic acids is 2. The highest BCUT2D eigenvalue weighted by atomic mass is 28.3. The molecule has 4 nitrogen and oxygen atoms in total. The van der Waals surface area contributed by atoms with Crippen LogP contribution in [-0.2, 0) is 4.79 Å². The molecular formula is C14H20N2O2Si. The number of hydrogen-bond acceptors (Lipinski definition) is 2. The van der Waals surface area contributed by atoms with Gasteiger partial charge in [0.15, 0.2) is 0 Å². The molecule has 1 saturated heterocycles. The van der Waals surface area contributed by atoms with Gasteiger partial charge in [0.25, 0.3) is 5.91 Å². The zero-order valence-electron chi connectivity index (χ0n) is 12.1. The van der Waals surface area contributed by atoms with Crippen molar-refractivity contribution in [1.82, 2.24) is 5.32 Å². The van der Waals surface area contributed by atoms with E-state index in [2.05, 4.69) is 25.0 Å². The summed E-state index contributed by atoms with van der Waals surface area (Å²) in [5, 5.41) is 3.99. The molecule has 0 bridgehead atoms. The van der Waals surface area contributed by atoms with Crippen molar-refractivity contribution in [2.24, 2.45) is 0 Å². The maximum absolute atomic E-state index is 12.2. The highest BCUT2D eigenvalue weighted by Gasteiger charge is 2.45. The third-order valence-corrected chi connectivity index (χ3v) is 5.42. The van der Waals surface area contributed by atoms with E-state index in [0.717, 1.165) is 0 Å². The van der Waals surface area contributed by atoms with Crippen molar-refractivity contribution in [2.75, 3.05) is 4.90 Å². The number of urea groups is 1. The molecule has 0 saturated carbocycles. The molecule has 1 aromatic rings. The summed E-state index contributed by atoms with van der Waals surface area (Å²) in [7, 11) is -1.36. The molecule has 19 heavy (non-hydrogen) atoms. The first kappa shape index (κ1) is 13.8. The first-order valence-corrected chi connectivity index (χ1v) is 9.90. The number of amides is 3. The Labute approximate surface area is 114 Å².